The normalized spacial score (nSPS) is 17.5. The van der Waals surface area contributed by atoms with Gasteiger partial charge in [0, 0.05) is 20.1 Å². The Morgan fingerprint density at radius 3 is 2.57 bits per heavy atom. The zero-order chi connectivity index (χ0) is 15.6. The van der Waals surface area contributed by atoms with E-state index in [1.165, 1.54) is 23.6 Å². The highest BCUT2D eigenvalue weighted by Gasteiger charge is 2.17. The summed E-state index contributed by atoms with van der Waals surface area (Å²) in [6, 6.07) is 0. The van der Waals surface area contributed by atoms with E-state index in [0.717, 1.165) is 32.4 Å². The Kier molecular flexibility index (Phi) is 9.42. The zero-order valence-electron chi connectivity index (χ0n) is 13.4. The molecule has 126 valence electrons. The van der Waals surface area contributed by atoms with Crippen molar-refractivity contribution in [2.24, 2.45) is 0 Å². The van der Waals surface area contributed by atoms with E-state index in [1.54, 1.807) is 7.05 Å². The van der Waals surface area contributed by atoms with Gasteiger partial charge in [-0.05, 0) is 32.4 Å². The minimum Gasteiger partial charge on any atom is -0.377 e. The molecule has 0 amide bonds. The lowest BCUT2D eigenvalue weighted by atomic mass is 9.98. The summed E-state index contributed by atoms with van der Waals surface area (Å²) in [5, 5.41) is 3.18. The lowest BCUT2D eigenvalue weighted by molar-refractivity contribution is 0.0320. The Bertz CT molecular complexity index is 356. The molecule has 1 saturated carbocycles. The van der Waals surface area contributed by atoms with Crippen LogP contribution < -0.4 is 10.0 Å². The number of rotatable bonds is 11. The van der Waals surface area contributed by atoms with Crippen LogP contribution >= 0.6 is 0 Å². The third-order valence-corrected chi connectivity index (χ3v) is 5.35. The molecule has 1 aliphatic rings. The van der Waals surface area contributed by atoms with E-state index in [1.807, 2.05) is 6.92 Å². The fraction of sp³-hybridized carbons (Fsp3) is 1.00. The van der Waals surface area contributed by atoms with Crippen molar-refractivity contribution in [1.29, 1.82) is 0 Å². The molecule has 1 rings (SSSR count). The number of nitrogens with zero attached hydrogens (tertiary/aromatic N) is 1. The second kappa shape index (κ2) is 10.5. The molecule has 2 N–H and O–H groups in total. The van der Waals surface area contributed by atoms with Crippen molar-refractivity contribution in [3.8, 4) is 0 Å². The predicted molar refractivity (Wildman–Crippen MR) is 85.5 cm³/mol. The van der Waals surface area contributed by atoms with Crippen LogP contribution in [0, 0.1) is 0 Å². The molecule has 0 aromatic heterocycles. The maximum Gasteiger partial charge on any atom is 0.279 e. The molecular weight excluding hydrogens is 290 g/mol. The average Bonchev–Trinajstić information content (AvgIpc) is 2.49. The molecule has 0 radical (unpaired) electrons. The summed E-state index contributed by atoms with van der Waals surface area (Å²) in [7, 11) is -1.77. The molecule has 0 heterocycles. The highest BCUT2D eigenvalue weighted by molar-refractivity contribution is 7.87. The van der Waals surface area contributed by atoms with E-state index in [2.05, 4.69) is 10.0 Å². The summed E-state index contributed by atoms with van der Waals surface area (Å²) < 4.78 is 33.6. The van der Waals surface area contributed by atoms with Crippen molar-refractivity contribution < 1.29 is 13.2 Å². The Balaban J connectivity index is 2.13. The number of nitrogens with one attached hydrogen (secondary N) is 2. The van der Waals surface area contributed by atoms with E-state index in [9.17, 15) is 8.42 Å². The average molecular weight is 321 g/mol. The molecule has 1 aliphatic carbocycles. The van der Waals surface area contributed by atoms with E-state index in [-0.39, 0.29) is 0 Å². The smallest absolute Gasteiger partial charge is 0.279 e. The van der Waals surface area contributed by atoms with Gasteiger partial charge in [-0.2, -0.15) is 17.4 Å². The Hall–Kier alpha value is -0.210. The first-order valence-corrected chi connectivity index (χ1v) is 9.53. The second-order valence-electron chi connectivity index (χ2n) is 5.56. The zero-order valence-corrected chi connectivity index (χ0v) is 14.3. The van der Waals surface area contributed by atoms with Gasteiger partial charge in [0.15, 0.2) is 0 Å². The van der Waals surface area contributed by atoms with Gasteiger partial charge in [0.05, 0.1) is 12.7 Å². The molecule has 0 aliphatic heterocycles. The summed E-state index contributed by atoms with van der Waals surface area (Å²) in [5.41, 5.74) is 0. The Morgan fingerprint density at radius 1 is 1.19 bits per heavy atom. The maximum atomic E-state index is 12.0. The van der Waals surface area contributed by atoms with Crippen molar-refractivity contribution in [2.75, 3.05) is 39.8 Å². The summed E-state index contributed by atoms with van der Waals surface area (Å²) in [6.45, 7) is 5.10. The van der Waals surface area contributed by atoms with Gasteiger partial charge in [-0.3, -0.25) is 0 Å². The summed E-state index contributed by atoms with van der Waals surface area (Å²) in [6.07, 6.45) is 7.10. The monoisotopic (exact) mass is 321 g/mol. The van der Waals surface area contributed by atoms with Gasteiger partial charge in [0.2, 0.25) is 0 Å². The van der Waals surface area contributed by atoms with Gasteiger partial charge in [-0.1, -0.05) is 26.2 Å². The van der Waals surface area contributed by atoms with Gasteiger partial charge >= 0.3 is 0 Å². The number of hydrogen-bond acceptors (Lipinski definition) is 4. The fourth-order valence-electron chi connectivity index (χ4n) is 2.46. The van der Waals surface area contributed by atoms with Crippen LogP contribution in [0.4, 0.5) is 0 Å². The molecule has 0 bridgehead atoms. The highest BCUT2D eigenvalue weighted by Crippen LogP contribution is 2.19. The molecule has 0 atom stereocenters. The lowest BCUT2D eigenvalue weighted by Crippen LogP contribution is -2.41. The first kappa shape index (κ1) is 18.8. The third-order valence-electron chi connectivity index (χ3n) is 3.78. The van der Waals surface area contributed by atoms with Gasteiger partial charge in [0.1, 0.15) is 0 Å². The van der Waals surface area contributed by atoms with Crippen LogP contribution in [0.25, 0.3) is 0 Å². The van der Waals surface area contributed by atoms with Crippen LogP contribution in [-0.4, -0.2) is 58.7 Å². The van der Waals surface area contributed by atoms with Gasteiger partial charge in [-0.25, -0.2) is 0 Å². The molecule has 21 heavy (non-hydrogen) atoms. The molecule has 0 aromatic carbocycles. The minimum absolute atomic E-state index is 0.320. The predicted octanol–water partition coefficient (Wildman–Crippen LogP) is 1.10. The van der Waals surface area contributed by atoms with Crippen LogP contribution in [0.1, 0.15) is 45.4 Å². The van der Waals surface area contributed by atoms with E-state index in [4.69, 9.17) is 4.74 Å². The quantitative estimate of drug-likeness (QED) is 0.559. The van der Waals surface area contributed by atoms with Crippen LogP contribution in [0.5, 0.6) is 0 Å². The van der Waals surface area contributed by atoms with Gasteiger partial charge in [0.25, 0.3) is 10.2 Å². The van der Waals surface area contributed by atoms with Crippen molar-refractivity contribution in [3.63, 3.8) is 0 Å². The Labute approximate surface area is 129 Å². The van der Waals surface area contributed by atoms with Crippen LogP contribution in [0.3, 0.4) is 0 Å². The summed E-state index contributed by atoms with van der Waals surface area (Å²) in [5.74, 6) is 0. The molecule has 0 spiro atoms. The topological polar surface area (TPSA) is 70.7 Å². The standard InChI is InChI=1S/C14H31N3O3S/c1-3-15-10-7-12-17(2)21(18,19)16-11-13-20-14-8-5-4-6-9-14/h14-16H,3-13H2,1-2H3. The lowest BCUT2D eigenvalue weighted by Gasteiger charge is -2.22. The van der Waals surface area contributed by atoms with Crippen LogP contribution in [-0.2, 0) is 14.9 Å². The largest absolute Gasteiger partial charge is 0.377 e. The molecule has 1 fully saturated rings. The molecular formula is C14H31N3O3S. The summed E-state index contributed by atoms with van der Waals surface area (Å²) >= 11 is 0. The molecule has 0 saturated heterocycles. The molecule has 0 aromatic rings. The van der Waals surface area contributed by atoms with Crippen LogP contribution in [0.2, 0.25) is 0 Å². The van der Waals surface area contributed by atoms with Crippen molar-refractivity contribution in [3.05, 3.63) is 0 Å². The van der Waals surface area contributed by atoms with Crippen molar-refractivity contribution >= 4 is 10.2 Å². The molecule has 6 nitrogen and oxygen atoms in total. The van der Waals surface area contributed by atoms with Gasteiger partial charge < -0.3 is 10.1 Å². The SMILES string of the molecule is CCNCCCN(C)S(=O)(=O)NCCOC1CCCCC1. The molecule has 0 unspecified atom stereocenters. The van der Waals surface area contributed by atoms with E-state index < -0.39 is 10.2 Å². The first-order valence-electron chi connectivity index (χ1n) is 8.09. The minimum atomic E-state index is -3.37. The van der Waals surface area contributed by atoms with Gasteiger partial charge in [-0.15, -0.1) is 0 Å². The molecule has 7 heteroatoms. The first-order chi connectivity index (χ1) is 10.1. The van der Waals surface area contributed by atoms with Crippen LogP contribution in [0.15, 0.2) is 0 Å². The van der Waals surface area contributed by atoms with E-state index in [0.29, 0.717) is 25.8 Å². The fourth-order valence-corrected chi connectivity index (χ4v) is 3.39. The number of ether oxygens (including phenoxy) is 1. The highest BCUT2D eigenvalue weighted by atomic mass is 32.2. The summed E-state index contributed by atoms with van der Waals surface area (Å²) in [4.78, 5) is 0. The Morgan fingerprint density at radius 2 is 1.90 bits per heavy atom. The van der Waals surface area contributed by atoms with E-state index >= 15 is 0 Å². The van der Waals surface area contributed by atoms with Crippen molar-refractivity contribution in [2.45, 2.75) is 51.6 Å². The second-order valence-corrected chi connectivity index (χ2v) is 7.42. The number of hydrogen-bond donors (Lipinski definition) is 2. The third kappa shape index (κ3) is 8.11. The van der Waals surface area contributed by atoms with Crippen molar-refractivity contribution in [1.82, 2.24) is 14.3 Å². The maximum absolute atomic E-state index is 12.0.